The molecule has 0 atom stereocenters. The summed E-state index contributed by atoms with van der Waals surface area (Å²) in [5, 5.41) is 3.93. The Bertz CT molecular complexity index is 2750. The van der Waals surface area contributed by atoms with Gasteiger partial charge in [0, 0.05) is 71.8 Å². The zero-order valence-corrected chi connectivity index (χ0v) is 40.2. The Labute approximate surface area is 397 Å². The van der Waals surface area contributed by atoms with Crippen molar-refractivity contribution >= 4 is 91.5 Å². The molecule has 354 valence electrons. The first kappa shape index (κ1) is 47.5. The number of benzene rings is 2. The lowest BCUT2D eigenvalue weighted by atomic mass is 10.00. The molecule has 0 N–H and O–H groups in total. The summed E-state index contributed by atoms with van der Waals surface area (Å²) in [5.41, 5.74) is 6.97. The number of pyridine rings is 2. The molecule has 0 saturated carbocycles. The molecule has 2 aliphatic heterocycles. The molecular formula is C54H62N8O6. The van der Waals surface area contributed by atoms with Crippen molar-refractivity contribution in [3.63, 3.8) is 0 Å². The van der Waals surface area contributed by atoms with Crippen molar-refractivity contribution < 1.29 is 28.8 Å². The summed E-state index contributed by atoms with van der Waals surface area (Å²) >= 11 is 0. The molecule has 14 heteroatoms. The van der Waals surface area contributed by atoms with E-state index in [1.807, 2.05) is 76.5 Å². The van der Waals surface area contributed by atoms with Gasteiger partial charge in [-0.1, -0.05) is 89.8 Å². The van der Waals surface area contributed by atoms with Crippen LogP contribution in [-0.2, 0) is 32.3 Å². The fourth-order valence-electron chi connectivity index (χ4n) is 9.58. The molecule has 4 aromatic heterocycles. The number of aryl methyl sites for hydroxylation is 2. The Morgan fingerprint density at radius 2 is 0.765 bits per heavy atom. The largest absolute Gasteiger partial charge is 0.339 e. The molecular weight excluding hydrogens is 857 g/mol. The Hall–Kier alpha value is -6.96. The number of hydrogen-bond donors (Lipinski definition) is 0. The third-order valence-electron chi connectivity index (χ3n) is 13.4. The molecule has 8 rings (SSSR count). The van der Waals surface area contributed by atoms with Crippen LogP contribution in [0.4, 0.5) is 9.59 Å². The van der Waals surface area contributed by atoms with Crippen LogP contribution in [0.2, 0.25) is 0 Å². The van der Waals surface area contributed by atoms with Crippen molar-refractivity contribution in [2.24, 2.45) is 11.8 Å². The summed E-state index contributed by atoms with van der Waals surface area (Å²) in [7, 11) is 0. The average molecular weight is 919 g/mol. The highest BCUT2D eigenvalue weighted by atomic mass is 16.2. The molecule has 2 aliphatic rings. The number of urea groups is 2. The Balaban J connectivity index is 1.13. The molecule has 8 amide bonds. The van der Waals surface area contributed by atoms with Gasteiger partial charge in [0.1, 0.15) is 11.8 Å². The van der Waals surface area contributed by atoms with Crippen LogP contribution in [0, 0.1) is 11.8 Å². The number of rotatable bonds is 19. The number of nitrogens with zero attached hydrogens (tertiary/aromatic N) is 8. The van der Waals surface area contributed by atoms with Gasteiger partial charge in [0.05, 0.1) is 34.8 Å². The Morgan fingerprint density at radius 1 is 0.441 bits per heavy atom. The summed E-state index contributed by atoms with van der Waals surface area (Å²) in [6.45, 7) is 14.7. The van der Waals surface area contributed by atoms with Gasteiger partial charge >= 0.3 is 12.1 Å². The summed E-state index contributed by atoms with van der Waals surface area (Å²) in [6, 6.07) is 15.3. The summed E-state index contributed by atoms with van der Waals surface area (Å²) in [4.78, 5) is 95.9. The predicted octanol–water partition coefficient (Wildman–Crippen LogP) is 10.4. The van der Waals surface area contributed by atoms with Crippen LogP contribution >= 0.6 is 0 Å². The number of fused-ring (bicyclic) bond motifs is 6. The molecule has 0 unspecified atom stereocenters. The molecule has 0 bridgehead atoms. The fourth-order valence-corrected chi connectivity index (χ4v) is 9.58. The van der Waals surface area contributed by atoms with E-state index >= 15 is 0 Å². The van der Waals surface area contributed by atoms with Crippen LogP contribution in [0.3, 0.4) is 0 Å². The van der Waals surface area contributed by atoms with E-state index in [4.69, 9.17) is 9.97 Å². The lowest BCUT2D eigenvalue weighted by Gasteiger charge is -2.36. The molecule has 2 aromatic carbocycles. The molecule has 14 nitrogen and oxygen atoms in total. The Kier molecular flexibility index (Phi) is 14.3. The first-order valence-electron chi connectivity index (χ1n) is 24.5. The van der Waals surface area contributed by atoms with Gasteiger partial charge in [0.2, 0.25) is 23.6 Å². The van der Waals surface area contributed by atoms with E-state index in [1.165, 1.54) is 19.6 Å². The maximum atomic E-state index is 13.6. The van der Waals surface area contributed by atoms with E-state index < -0.39 is 47.5 Å². The zero-order valence-electron chi connectivity index (χ0n) is 40.2. The van der Waals surface area contributed by atoms with E-state index in [2.05, 4.69) is 47.2 Å². The quantitative estimate of drug-likeness (QED) is 0.0729. The summed E-state index contributed by atoms with van der Waals surface area (Å²) in [6.07, 6.45) is 16.6. The van der Waals surface area contributed by atoms with Crippen LogP contribution in [-0.4, -0.2) is 101 Å². The highest BCUT2D eigenvalue weighted by molar-refractivity contribution is 6.19. The van der Waals surface area contributed by atoms with Crippen LogP contribution in [0.25, 0.3) is 67.2 Å². The maximum absolute atomic E-state index is 13.6. The number of imide groups is 4. The van der Waals surface area contributed by atoms with E-state index in [1.54, 1.807) is 12.2 Å². The van der Waals surface area contributed by atoms with Crippen LogP contribution in [0.5, 0.6) is 0 Å². The van der Waals surface area contributed by atoms with Crippen molar-refractivity contribution in [3.05, 3.63) is 84.2 Å². The van der Waals surface area contributed by atoms with Gasteiger partial charge in [0.15, 0.2) is 0 Å². The van der Waals surface area contributed by atoms with Crippen LogP contribution < -0.4 is 0 Å². The zero-order chi connectivity index (χ0) is 48.2. The predicted molar refractivity (Wildman–Crippen MR) is 267 cm³/mol. The Morgan fingerprint density at radius 3 is 1.07 bits per heavy atom. The number of unbranched alkanes of at least 4 members (excludes halogenated alkanes) is 4. The van der Waals surface area contributed by atoms with E-state index in [9.17, 15) is 28.8 Å². The normalized spacial score (nSPS) is 15.9. The minimum Gasteiger partial charge on any atom is -0.339 e. The van der Waals surface area contributed by atoms with Gasteiger partial charge in [-0.25, -0.2) is 9.59 Å². The minimum absolute atomic E-state index is 0.280. The number of carbonyl (C=O) groups excluding carboxylic acids is 6. The van der Waals surface area contributed by atoms with Crippen LogP contribution in [0.15, 0.2) is 73.1 Å². The van der Waals surface area contributed by atoms with E-state index in [0.29, 0.717) is 50.2 Å². The van der Waals surface area contributed by atoms with Gasteiger partial charge in [0.25, 0.3) is 0 Å². The third-order valence-corrected chi connectivity index (χ3v) is 13.4. The lowest BCUT2D eigenvalue weighted by molar-refractivity contribution is -0.148. The van der Waals surface area contributed by atoms with Gasteiger partial charge in [-0.2, -0.15) is 0 Å². The van der Waals surface area contributed by atoms with Gasteiger partial charge in [-0.05, 0) is 87.1 Å². The van der Waals surface area contributed by atoms with Crippen molar-refractivity contribution in [2.75, 3.05) is 26.2 Å². The second-order valence-corrected chi connectivity index (χ2v) is 17.8. The van der Waals surface area contributed by atoms with Crippen molar-refractivity contribution in [3.8, 4) is 11.4 Å². The number of aromatic nitrogens is 4. The van der Waals surface area contributed by atoms with Gasteiger partial charge in [-0.15, -0.1) is 0 Å². The number of amides is 8. The van der Waals surface area contributed by atoms with Crippen LogP contribution in [0.1, 0.15) is 104 Å². The van der Waals surface area contributed by atoms with Gasteiger partial charge < -0.3 is 9.13 Å². The van der Waals surface area contributed by atoms with E-state index in [0.717, 1.165) is 80.4 Å². The highest BCUT2D eigenvalue weighted by Gasteiger charge is 2.45. The highest BCUT2D eigenvalue weighted by Crippen LogP contribution is 2.36. The summed E-state index contributed by atoms with van der Waals surface area (Å²) < 4.78 is 4.43. The first-order chi connectivity index (χ1) is 33.0. The molecule has 0 radical (unpaired) electrons. The monoisotopic (exact) mass is 918 g/mol. The van der Waals surface area contributed by atoms with Crippen molar-refractivity contribution in [1.29, 1.82) is 0 Å². The van der Waals surface area contributed by atoms with Gasteiger partial charge in [-0.3, -0.25) is 48.7 Å². The second kappa shape index (κ2) is 20.5. The number of carbonyl (C=O) groups is 6. The molecule has 6 heterocycles. The first-order valence-corrected chi connectivity index (χ1v) is 24.5. The molecule has 6 aromatic rings. The minimum atomic E-state index is -1.09. The standard InChI is InChI=1S/C54H62N8O6/c1-7-13-25-59-49(63)37(50(64)60(53(59)67)26-14-8-2)21-17-35-19-23-45-39(29-35)41-31-43(55-33-47(41)57(45)11-5)44-32-42-40-30-36(20-24-46(40)58(12-6)48(42)34-56-44)18-22-38-51(65)61(27-15-9-3)54(68)62(52(38)66)28-16-10-4/h17-24,29-34,37-38H,7-16,25-28H2,1-6H3/b21-17+,22-18+. The fraction of sp³-hybridized carbons (Fsp3) is 0.407. The summed E-state index contributed by atoms with van der Waals surface area (Å²) in [5.74, 6) is -4.10. The van der Waals surface area contributed by atoms with Crippen molar-refractivity contribution in [2.45, 2.75) is 106 Å². The molecule has 68 heavy (non-hydrogen) atoms. The second-order valence-electron chi connectivity index (χ2n) is 17.8. The number of hydrogen-bond acceptors (Lipinski definition) is 8. The van der Waals surface area contributed by atoms with E-state index in [-0.39, 0.29) is 26.2 Å². The molecule has 0 aliphatic carbocycles. The average Bonchev–Trinajstić information content (AvgIpc) is 3.84. The smallest absolute Gasteiger partial charge is 0.333 e. The number of barbiturate groups is 2. The third kappa shape index (κ3) is 8.72. The molecule has 0 spiro atoms. The molecule has 2 fully saturated rings. The molecule has 2 saturated heterocycles. The topological polar surface area (TPSA) is 151 Å². The van der Waals surface area contributed by atoms with Crippen molar-refractivity contribution in [1.82, 2.24) is 38.7 Å². The lowest BCUT2D eigenvalue weighted by Crippen LogP contribution is -2.59. The maximum Gasteiger partial charge on any atom is 0.333 e. The SMILES string of the molecule is CCCCN1C(=O)C(/C=C/c2ccc3c(c2)c2cc(-c4cc5c6cc(/C=C/C7C(=O)N(CCCC)C(=O)N(CCCC)C7=O)ccc6n(CC)c5cn4)ncc2n3CC)C(=O)N(CCCC)C1=O.